The van der Waals surface area contributed by atoms with Gasteiger partial charge >= 0.3 is 0 Å². The third-order valence-corrected chi connectivity index (χ3v) is 5.02. The summed E-state index contributed by atoms with van der Waals surface area (Å²) >= 11 is 6.17. The molecule has 1 unspecified atom stereocenters. The van der Waals surface area contributed by atoms with Crippen LogP contribution in [0.15, 0.2) is 42.5 Å². The Morgan fingerprint density at radius 2 is 2.15 bits per heavy atom. The average Bonchev–Trinajstić information content (AvgIpc) is 3.14. The minimum atomic E-state index is -0.322. The molecule has 2 aromatic rings. The van der Waals surface area contributed by atoms with E-state index in [0.29, 0.717) is 23.1 Å². The van der Waals surface area contributed by atoms with Crippen LogP contribution in [0.2, 0.25) is 5.02 Å². The number of amides is 1. The van der Waals surface area contributed by atoms with Crippen LogP contribution >= 0.6 is 11.6 Å². The third-order valence-electron chi connectivity index (χ3n) is 4.74. The number of ether oxygens (including phenoxy) is 2. The quantitative estimate of drug-likeness (QED) is 0.842. The molecule has 2 aliphatic rings. The van der Waals surface area contributed by atoms with E-state index in [1.165, 1.54) is 11.6 Å². The van der Waals surface area contributed by atoms with E-state index >= 15 is 0 Å². The van der Waals surface area contributed by atoms with Crippen molar-refractivity contribution in [1.29, 1.82) is 0 Å². The van der Waals surface area contributed by atoms with Crippen LogP contribution in [-0.4, -0.2) is 35.9 Å². The molecular formula is C20H18ClNO4. The molecule has 0 bridgehead atoms. The van der Waals surface area contributed by atoms with Gasteiger partial charge in [-0.15, -0.1) is 0 Å². The highest BCUT2D eigenvalue weighted by Gasteiger charge is 2.29. The van der Waals surface area contributed by atoms with Crippen molar-refractivity contribution in [2.24, 2.45) is 0 Å². The number of halogens is 1. The lowest BCUT2D eigenvalue weighted by molar-refractivity contribution is -0.129. The molecule has 0 aromatic heterocycles. The number of nitrogens with zero attached hydrogens (tertiary/aromatic N) is 1. The summed E-state index contributed by atoms with van der Waals surface area (Å²) < 4.78 is 10.6. The summed E-state index contributed by atoms with van der Waals surface area (Å²) in [6.45, 7) is 0.617. The Balaban J connectivity index is 1.55. The molecule has 1 amide bonds. The number of hydrogen-bond donors (Lipinski definition) is 1. The fraction of sp³-hybridized carbons (Fsp3) is 0.250. The van der Waals surface area contributed by atoms with Crippen LogP contribution in [0.5, 0.6) is 11.5 Å². The largest absolute Gasteiger partial charge is 0.454 e. The molecule has 0 fully saturated rings. The van der Waals surface area contributed by atoms with E-state index in [-0.39, 0.29) is 25.3 Å². The third kappa shape index (κ3) is 3.04. The minimum absolute atomic E-state index is 0.105. The molecule has 2 heterocycles. The van der Waals surface area contributed by atoms with Crippen LogP contribution in [0.1, 0.15) is 22.7 Å². The van der Waals surface area contributed by atoms with Crippen LogP contribution < -0.4 is 9.47 Å². The van der Waals surface area contributed by atoms with Crippen molar-refractivity contribution < 1.29 is 19.4 Å². The molecule has 2 aromatic carbocycles. The summed E-state index contributed by atoms with van der Waals surface area (Å²) in [6, 6.07) is 11.1. The van der Waals surface area contributed by atoms with Crippen LogP contribution in [0, 0.1) is 0 Å². The van der Waals surface area contributed by atoms with Crippen LogP contribution in [0.4, 0.5) is 0 Å². The fourth-order valence-electron chi connectivity index (χ4n) is 3.46. The lowest BCUT2D eigenvalue weighted by Gasteiger charge is -2.35. The summed E-state index contributed by atoms with van der Waals surface area (Å²) in [6.07, 6.45) is 3.98. The Hall–Kier alpha value is -2.50. The maximum absolute atomic E-state index is 12.7. The van der Waals surface area contributed by atoms with Crippen LogP contribution in [0.3, 0.4) is 0 Å². The van der Waals surface area contributed by atoms with Gasteiger partial charge in [-0.3, -0.25) is 4.79 Å². The number of aliphatic hydroxyl groups is 1. The summed E-state index contributed by atoms with van der Waals surface area (Å²) in [4.78, 5) is 14.4. The molecule has 1 atom stereocenters. The van der Waals surface area contributed by atoms with Gasteiger partial charge in [0.05, 0.1) is 17.7 Å². The molecule has 1 N–H and O–H groups in total. The molecule has 0 saturated carbocycles. The fourth-order valence-corrected chi connectivity index (χ4v) is 3.73. The van der Waals surface area contributed by atoms with E-state index in [9.17, 15) is 9.90 Å². The Morgan fingerprint density at radius 3 is 3.00 bits per heavy atom. The van der Waals surface area contributed by atoms with Gasteiger partial charge in [-0.05, 0) is 41.3 Å². The average molecular weight is 372 g/mol. The van der Waals surface area contributed by atoms with E-state index in [4.69, 9.17) is 21.1 Å². The number of carbonyl (C=O) groups excluding carboxylic acids is 1. The highest BCUT2D eigenvalue weighted by atomic mass is 35.5. The minimum Gasteiger partial charge on any atom is -0.454 e. The second-order valence-electron chi connectivity index (χ2n) is 6.25. The molecule has 134 valence electrons. The van der Waals surface area contributed by atoms with Gasteiger partial charge < -0.3 is 19.5 Å². The van der Waals surface area contributed by atoms with Crippen LogP contribution in [0.25, 0.3) is 6.08 Å². The van der Waals surface area contributed by atoms with Crippen molar-refractivity contribution in [3.8, 4) is 11.5 Å². The predicted octanol–water partition coefficient (Wildman–Crippen LogP) is 3.20. The molecule has 0 saturated heterocycles. The first-order valence-electron chi connectivity index (χ1n) is 8.44. The number of carbonyl (C=O) groups is 1. The number of fused-ring (bicyclic) bond motifs is 2. The van der Waals surface area contributed by atoms with E-state index in [1.54, 1.807) is 23.1 Å². The molecule has 6 heteroatoms. The lowest BCUT2D eigenvalue weighted by Crippen LogP contribution is -2.40. The van der Waals surface area contributed by atoms with Gasteiger partial charge in [0.25, 0.3) is 0 Å². The van der Waals surface area contributed by atoms with Crippen molar-refractivity contribution in [1.82, 2.24) is 4.90 Å². The molecule has 0 radical (unpaired) electrons. The number of rotatable bonds is 3. The van der Waals surface area contributed by atoms with Gasteiger partial charge in [-0.25, -0.2) is 0 Å². The first-order valence-corrected chi connectivity index (χ1v) is 8.81. The maximum atomic E-state index is 12.7. The van der Waals surface area contributed by atoms with E-state index in [1.807, 2.05) is 24.3 Å². The van der Waals surface area contributed by atoms with Crippen molar-refractivity contribution in [3.63, 3.8) is 0 Å². The SMILES string of the molecule is O=C(C=Cc1cc(Cl)c2c(c1)OCO2)N1CCc2ccccc2C1CO. The van der Waals surface area contributed by atoms with Gasteiger partial charge in [-0.2, -0.15) is 0 Å². The van der Waals surface area contributed by atoms with E-state index < -0.39 is 0 Å². The second kappa shape index (κ2) is 7.02. The van der Waals surface area contributed by atoms with Gasteiger partial charge in [0.15, 0.2) is 11.5 Å². The standard InChI is InChI=1S/C20H18ClNO4/c21-16-9-13(10-18-20(16)26-12-25-18)5-6-19(24)22-8-7-14-3-1-2-4-15(14)17(22)11-23/h1-6,9-10,17,23H,7-8,11-12H2. The Morgan fingerprint density at radius 1 is 1.31 bits per heavy atom. The van der Waals surface area contributed by atoms with Gasteiger partial charge in [-0.1, -0.05) is 35.9 Å². The number of benzene rings is 2. The van der Waals surface area contributed by atoms with E-state index in [0.717, 1.165) is 17.5 Å². The zero-order valence-corrected chi connectivity index (χ0v) is 14.8. The van der Waals surface area contributed by atoms with Crippen molar-refractivity contribution >= 4 is 23.6 Å². The van der Waals surface area contributed by atoms with Crippen molar-refractivity contribution in [3.05, 3.63) is 64.2 Å². The predicted molar refractivity (Wildman–Crippen MR) is 98.3 cm³/mol. The Bertz CT molecular complexity index is 880. The van der Waals surface area contributed by atoms with Gasteiger partial charge in [0.2, 0.25) is 12.7 Å². The normalized spacial score (nSPS) is 18.2. The smallest absolute Gasteiger partial charge is 0.247 e. The van der Waals surface area contributed by atoms with Crippen LogP contribution in [-0.2, 0) is 11.2 Å². The molecule has 5 nitrogen and oxygen atoms in total. The van der Waals surface area contributed by atoms with Gasteiger partial charge in [0.1, 0.15) is 0 Å². The molecule has 0 spiro atoms. The topological polar surface area (TPSA) is 59.0 Å². The summed E-state index contributed by atoms with van der Waals surface area (Å²) in [7, 11) is 0. The van der Waals surface area contributed by atoms with Crippen molar-refractivity contribution in [2.45, 2.75) is 12.5 Å². The molecular weight excluding hydrogens is 354 g/mol. The van der Waals surface area contributed by atoms with Gasteiger partial charge in [0, 0.05) is 12.6 Å². The number of aliphatic hydroxyl groups excluding tert-OH is 1. The first kappa shape index (κ1) is 16.9. The molecule has 0 aliphatic carbocycles. The monoisotopic (exact) mass is 371 g/mol. The molecule has 2 aliphatic heterocycles. The Labute approximate surface area is 156 Å². The first-order chi connectivity index (χ1) is 12.7. The number of hydrogen-bond acceptors (Lipinski definition) is 4. The second-order valence-corrected chi connectivity index (χ2v) is 6.66. The summed E-state index contributed by atoms with van der Waals surface area (Å²) in [5, 5.41) is 10.3. The lowest BCUT2D eigenvalue weighted by atomic mass is 9.93. The zero-order valence-electron chi connectivity index (χ0n) is 14.0. The van der Waals surface area contributed by atoms with Crippen molar-refractivity contribution in [2.75, 3.05) is 19.9 Å². The highest BCUT2D eigenvalue weighted by Crippen LogP contribution is 2.40. The molecule has 4 rings (SSSR count). The summed E-state index contributed by atoms with van der Waals surface area (Å²) in [5.41, 5.74) is 2.95. The highest BCUT2D eigenvalue weighted by molar-refractivity contribution is 6.32. The maximum Gasteiger partial charge on any atom is 0.247 e. The molecule has 26 heavy (non-hydrogen) atoms. The summed E-state index contributed by atoms with van der Waals surface area (Å²) in [5.74, 6) is 0.959. The zero-order chi connectivity index (χ0) is 18.1. The van der Waals surface area contributed by atoms with E-state index in [2.05, 4.69) is 0 Å². The Kier molecular flexibility index (Phi) is 4.57.